The lowest BCUT2D eigenvalue weighted by atomic mass is 10.1. The Bertz CT molecular complexity index is 979. The number of hydrogen-bond acceptors (Lipinski definition) is 3. The standard InChI is InChI=1S/C23H26N4O2/c1-2-3-14-29-20-11-9-18(10-12-20)25-23(28)26-19-7-4-6-17(15-19)21-16-24-22-8-5-13-27(21)22/h4,6-7,9-12,15-16H,2-3,5,8,13-14H2,1H3,(H2,25,26,28). The molecule has 0 unspecified atom stereocenters. The second-order valence-corrected chi connectivity index (χ2v) is 7.20. The van der Waals surface area contributed by atoms with Gasteiger partial charge in [0.15, 0.2) is 0 Å². The topological polar surface area (TPSA) is 68.2 Å². The Hall–Kier alpha value is -3.28. The first-order chi connectivity index (χ1) is 14.2. The van der Waals surface area contributed by atoms with E-state index in [0.29, 0.717) is 6.61 Å². The molecule has 3 aromatic rings. The third kappa shape index (κ3) is 4.59. The lowest BCUT2D eigenvalue weighted by Crippen LogP contribution is -2.19. The molecule has 0 radical (unpaired) electrons. The van der Waals surface area contributed by atoms with Crippen molar-refractivity contribution in [2.24, 2.45) is 0 Å². The summed E-state index contributed by atoms with van der Waals surface area (Å²) in [4.78, 5) is 16.9. The number of anilines is 2. The van der Waals surface area contributed by atoms with E-state index in [-0.39, 0.29) is 6.03 Å². The number of hydrogen-bond donors (Lipinski definition) is 2. The number of unbranched alkanes of at least 4 members (excludes halogenated alkanes) is 1. The van der Waals surface area contributed by atoms with E-state index < -0.39 is 0 Å². The number of fused-ring (bicyclic) bond motifs is 1. The smallest absolute Gasteiger partial charge is 0.323 e. The minimum atomic E-state index is -0.277. The van der Waals surface area contributed by atoms with Crippen molar-refractivity contribution in [3.63, 3.8) is 0 Å². The summed E-state index contributed by atoms with van der Waals surface area (Å²) in [6, 6.07) is 15.0. The molecule has 29 heavy (non-hydrogen) atoms. The van der Waals surface area contributed by atoms with Crippen LogP contribution in [-0.2, 0) is 13.0 Å². The summed E-state index contributed by atoms with van der Waals surface area (Å²) in [6.45, 7) is 3.84. The SMILES string of the molecule is CCCCOc1ccc(NC(=O)Nc2cccc(-c3cnc4n3CCC4)c2)cc1. The van der Waals surface area contributed by atoms with Gasteiger partial charge in [0.2, 0.25) is 0 Å². The third-order valence-corrected chi connectivity index (χ3v) is 5.02. The molecule has 4 rings (SSSR count). The van der Waals surface area contributed by atoms with Gasteiger partial charge in [0.25, 0.3) is 0 Å². The van der Waals surface area contributed by atoms with E-state index in [4.69, 9.17) is 4.74 Å². The molecule has 0 saturated carbocycles. The summed E-state index contributed by atoms with van der Waals surface area (Å²) in [6.07, 6.45) is 6.22. The summed E-state index contributed by atoms with van der Waals surface area (Å²) in [5.74, 6) is 1.95. The molecule has 6 nitrogen and oxygen atoms in total. The van der Waals surface area contributed by atoms with Crippen LogP contribution in [0.25, 0.3) is 11.3 Å². The first kappa shape index (κ1) is 19.1. The Kier molecular flexibility index (Phi) is 5.79. The number of imidazole rings is 1. The van der Waals surface area contributed by atoms with Crippen LogP contribution < -0.4 is 15.4 Å². The number of carbonyl (C=O) groups is 1. The van der Waals surface area contributed by atoms with Gasteiger partial charge in [-0.25, -0.2) is 9.78 Å². The summed E-state index contributed by atoms with van der Waals surface area (Å²) in [7, 11) is 0. The van der Waals surface area contributed by atoms with E-state index in [0.717, 1.165) is 66.4 Å². The van der Waals surface area contributed by atoms with Crippen molar-refractivity contribution < 1.29 is 9.53 Å². The molecule has 6 heteroatoms. The molecule has 2 aromatic carbocycles. The highest BCUT2D eigenvalue weighted by atomic mass is 16.5. The number of nitrogens with one attached hydrogen (secondary N) is 2. The van der Waals surface area contributed by atoms with E-state index in [1.54, 1.807) is 0 Å². The minimum absolute atomic E-state index is 0.277. The van der Waals surface area contributed by atoms with E-state index in [2.05, 4.69) is 27.1 Å². The number of aryl methyl sites for hydroxylation is 1. The highest BCUT2D eigenvalue weighted by Crippen LogP contribution is 2.27. The molecule has 0 bridgehead atoms. The van der Waals surface area contributed by atoms with Gasteiger partial charge in [-0.1, -0.05) is 25.5 Å². The Morgan fingerprint density at radius 3 is 2.79 bits per heavy atom. The van der Waals surface area contributed by atoms with Crippen LogP contribution in [0.2, 0.25) is 0 Å². The molecule has 1 aromatic heterocycles. The molecule has 0 fully saturated rings. The molecular weight excluding hydrogens is 364 g/mol. The number of carbonyl (C=O) groups excluding carboxylic acids is 1. The number of amides is 2. The summed E-state index contributed by atoms with van der Waals surface area (Å²) in [5.41, 5.74) is 3.61. The van der Waals surface area contributed by atoms with Crippen molar-refractivity contribution >= 4 is 17.4 Å². The van der Waals surface area contributed by atoms with Crippen LogP contribution in [0.1, 0.15) is 32.0 Å². The molecular formula is C23H26N4O2. The summed E-state index contributed by atoms with van der Waals surface area (Å²) < 4.78 is 7.90. The number of ether oxygens (including phenoxy) is 1. The average molecular weight is 390 g/mol. The van der Waals surface area contributed by atoms with Gasteiger partial charge in [0.05, 0.1) is 18.5 Å². The number of nitrogens with zero attached hydrogens (tertiary/aromatic N) is 2. The van der Waals surface area contributed by atoms with Gasteiger partial charge in [-0.2, -0.15) is 0 Å². The Balaban J connectivity index is 1.37. The zero-order valence-corrected chi connectivity index (χ0v) is 16.6. The maximum Gasteiger partial charge on any atom is 0.323 e. The molecule has 150 valence electrons. The van der Waals surface area contributed by atoms with Gasteiger partial charge in [-0.15, -0.1) is 0 Å². The van der Waals surface area contributed by atoms with Crippen molar-refractivity contribution in [3.8, 4) is 17.0 Å². The molecule has 0 atom stereocenters. The Morgan fingerprint density at radius 2 is 1.97 bits per heavy atom. The second-order valence-electron chi connectivity index (χ2n) is 7.20. The van der Waals surface area contributed by atoms with Crippen LogP contribution in [0.15, 0.2) is 54.7 Å². The number of urea groups is 1. The van der Waals surface area contributed by atoms with Gasteiger partial charge >= 0.3 is 6.03 Å². The van der Waals surface area contributed by atoms with E-state index in [1.165, 1.54) is 0 Å². The molecule has 0 aliphatic carbocycles. The normalized spacial score (nSPS) is 12.4. The van der Waals surface area contributed by atoms with Crippen LogP contribution in [0, 0.1) is 0 Å². The first-order valence-corrected chi connectivity index (χ1v) is 10.2. The number of benzene rings is 2. The molecule has 2 heterocycles. The Labute approximate surface area is 170 Å². The minimum Gasteiger partial charge on any atom is -0.494 e. The zero-order chi connectivity index (χ0) is 20.1. The van der Waals surface area contributed by atoms with Gasteiger partial charge in [0.1, 0.15) is 11.6 Å². The van der Waals surface area contributed by atoms with E-state index in [9.17, 15) is 4.79 Å². The number of aromatic nitrogens is 2. The van der Waals surface area contributed by atoms with Gasteiger partial charge in [0, 0.05) is 29.9 Å². The molecule has 0 spiro atoms. The van der Waals surface area contributed by atoms with Crippen LogP contribution in [0.4, 0.5) is 16.2 Å². The fourth-order valence-electron chi connectivity index (χ4n) is 3.51. The lowest BCUT2D eigenvalue weighted by molar-refractivity contribution is 0.262. The third-order valence-electron chi connectivity index (χ3n) is 5.02. The molecule has 0 saturated heterocycles. The highest BCUT2D eigenvalue weighted by Gasteiger charge is 2.16. The van der Waals surface area contributed by atoms with E-state index in [1.807, 2.05) is 54.7 Å². The van der Waals surface area contributed by atoms with Gasteiger partial charge < -0.3 is 19.9 Å². The van der Waals surface area contributed by atoms with Crippen molar-refractivity contribution in [1.29, 1.82) is 0 Å². The lowest BCUT2D eigenvalue weighted by Gasteiger charge is -2.11. The van der Waals surface area contributed by atoms with Gasteiger partial charge in [-0.3, -0.25) is 0 Å². The second kappa shape index (κ2) is 8.82. The average Bonchev–Trinajstić information content (AvgIpc) is 3.33. The van der Waals surface area contributed by atoms with Crippen molar-refractivity contribution in [1.82, 2.24) is 9.55 Å². The molecule has 2 N–H and O–H groups in total. The maximum atomic E-state index is 12.4. The van der Waals surface area contributed by atoms with Crippen LogP contribution in [-0.4, -0.2) is 22.2 Å². The predicted molar refractivity (Wildman–Crippen MR) is 115 cm³/mol. The van der Waals surface area contributed by atoms with Crippen molar-refractivity contribution in [2.75, 3.05) is 17.2 Å². The maximum absolute atomic E-state index is 12.4. The van der Waals surface area contributed by atoms with Crippen LogP contribution in [0.3, 0.4) is 0 Å². The highest BCUT2D eigenvalue weighted by molar-refractivity contribution is 6.00. The van der Waals surface area contributed by atoms with Crippen LogP contribution in [0.5, 0.6) is 5.75 Å². The summed E-state index contributed by atoms with van der Waals surface area (Å²) >= 11 is 0. The van der Waals surface area contributed by atoms with Crippen LogP contribution >= 0.6 is 0 Å². The van der Waals surface area contributed by atoms with E-state index >= 15 is 0 Å². The zero-order valence-electron chi connectivity index (χ0n) is 16.6. The first-order valence-electron chi connectivity index (χ1n) is 10.2. The van der Waals surface area contributed by atoms with Crippen molar-refractivity contribution in [3.05, 3.63) is 60.6 Å². The van der Waals surface area contributed by atoms with Crippen molar-refractivity contribution in [2.45, 2.75) is 39.2 Å². The largest absolute Gasteiger partial charge is 0.494 e. The quantitative estimate of drug-likeness (QED) is 0.537. The summed E-state index contributed by atoms with van der Waals surface area (Å²) in [5, 5.41) is 5.76. The number of rotatable bonds is 7. The fourth-order valence-corrected chi connectivity index (χ4v) is 3.51. The molecule has 2 amide bonds. The monoisotopic (exact) mass is 390 g/mol. The Morgan fingerprint density at radius 1 is 1.14 bits per heavy atom. The molecule has 1 aliphatic heterocycles. The van der Waals surface area contributed by atoms with Gasteiger partial charge in [-0.05, 0) is 49.2 Å². The molecule has 1 aliphatic rings. The fraction of sp³-hybridized carbons (Fsp3) is 0.304. The predicted octanol–water partition coefficient (Wildman–Crippen LogP) is 5.32.